The van der Waals surface area contributed by atoms with Crippen molar-refractivity contribution in [2.24, 2.45) is 17.1 Å². The standard InChI is InChI=1S/C28H35F2N7O3S.CH2O2/c1-18-22(19-15-33-36(4)17-19)16-32-24(37-12-7-10-28(29,30)11-13-37)23(18)25(38)34-20-8-6-9-21(14-20)41(5,40)35-26(39)27(2,3)31;2-1-3/h6,8-9,14-17H,7,10-13,31H2,1-5H3,(H,34,38);1H,(H,2,3). The maximum Gasteiger partial charge on any atom is 0.290 e. The Morgan fingerprint density at radius 2 is 1.91 bits per heavy atom. The summed E-state index contributed by atoms with van der Waals surface area (Å²) in [6, 6.07) is 6.25. The molecule has 1 aliphatic heterocycles. The number of pyridine rings is 1. The van der Waals surface area contributed by atoms with Crippen molar-refractivity contribution in [3.8, 4) is 11.1 Å². The number of aromatic nitrogens is 3. The molecule has 2 aromatic heterocycles. The van der Waals surface area contributed by atoms with Gasteiger partial charge in [-0.3, -0.25) is 19.1 Å². The molecular formula is C29H37F2N7O5S. The molecule has 1 atom stereocenters. The van der Waals surface area contributed by atoms with Crippen LogP contribution < -0.4 is 16.0 Å². The highest BCUT2D eigenvalue weighted by atomic mass is 32.2. The summed E-state index contributed by atoms with van der Waals surface area (Å²) in [6.07, 6.45) is 6.11. The summed E-state index contributed by atoms with van der Waals surface area (Å²) >= 11 is 0. The number of carbonyl (C=O) groups is 3. The van der Waals surface area contributed by atoms with Crippen molar-refractivity contribution in [1.82, 2.24) is 14.8 Å². The fourth-order valence-electron chi connectivity index (χ4n) is 4.56. The number of nitrogens with zero attached hydrogens (tertiary/aromatic N) is 5. The van der Waals surface area contributed by atoms with Gasteiger partial charge in [0.25, 0.3) is 18.3 Å². The highest BCUT2D eigenvalue weighted by Gasteiger charge is 2.34. The van der Waals surface area contributed by atoms with Crippen molar-refractivity contribution in [3.05, 3.63) is 54.0 Å². The Labute approximate surface area is 254 Å². The average molecular weight is 634 g/mol. The van der Waals surface area contributed by atoms with Crippen LogP contribution in [0.4, 0.5) is 20.3 Å². The second-order valence-electron chi connectivity index (χ2n) is 11.1. The molecule has 2 amide bonds. The quantitative estimate of drug-likeness (QED) is 0.338. The Balaban J connectivity index is 0.00000169. The Morgan fingerprint density at radius 1 is 1.23 bits per heavy atom. The van der Waals surface area contributed by atoms with Crippen LogP contribution in [0.25, 0.3) is 11.1 Å². The monoisotopic (exact) mass is 633 g/mol. The molecule has 12 nitrogen and oxygen atoms in total. The number of nitrogens with two attached hydrogens (primary N) is 1. The SMILES string of the molecule is Cc1c(-c2cnn(C)c2)cnc(N2CCCC(F)(F)CC2)c1C(=O)Nc1cccc(S(C)(=O)=NC(=O)C(C)(C)N)c1.O=CO. The van der Waals surface area contributed by atoms with Crippen LogP contribution in [0.3, 0.4) is 0 Å². The lowest BCUT2D eigenvalue weighted by Crippen LogP contribution is -2.40. The number of nitrogens with one attached hydrogen (secondary N) is 1. The van der Waals surface area contributed by atoms with Crippen molar-refractivity contribution < 1.29 is 32.5 Å². The van der Waals surface area contributed by atoms with Gasteiger partial charge in [-0.1, -0.05) is 6.07 Å². The number of halogens is 2. The summed E-state index contributed by atoms with van der Waals surface area (Å²) < 4.78 is 47.1. The van der Waals surface area contributed by atoms with Gasteiger partial charge in [0, 0.05) is 73.3 Å². The molecule has 3 heterocycles. The van der Waals surface area contributed by atoms with Crippen LogP contribution in [0.2, 0.25) is 0 Å². The number of aryl methyl sites for hydroxylation is 1. The smallest absolute Gasteiger partial charge is 0.290 e. The number of hydrogen-bond donors (Lipinski definition) is 3. The van der Waals surface area contributed by atoms with Crippen LogP contribution in [0.15, 0.2) is 52.1 Å². The normalized spacial score (nSPS) is 16.0. The Kier molecular flexibility index (Phi) is 10.6. The lowest BCUT2D eigenvalue weighted by atomic mass is 9.99. The molecule has 4 rings (SSSR count). The van der Waals surface area contributed by atoms with Gasteiger partial charge in [0.1, 0.15) is 5.82 Å². The minimum Gasteiger partial charge on any atom is -0.483 e. The van der Waals surface area contributed by atoms with Crippen molar-refractivity contribution in [1.29, 1.82) is 0 Å². The molecule has 0 spiro atoms. The Bertz CT molecular complexity index is 1660. The number of carbonyl (C=O) groups excluding carboxylic acids is 2. The van der Waals surface area contributed by atoms with Gasteiger partial charge in [0.05, 0.1) is 27.0 Å². The zero-order valence-electron chi connectivity index (χ0n) is 25.2. The summed E-state index contributed by atoms with van der Waals surface area (Å²) in [5.41, 5.74) is 7.12. The summed E-state index contributed by atoms with van der Waals surface area (Å²) in [6.45, 7) is 4.86. The molecular weight excluding hydrogens is 596 g/mol. The van der Waals surface area contributed by atoms with E-state index in [1.807, 2.05) is 0 Å². The fraction of sp³-hybridized carbons (Fsp3) is 0.414. The van der Waals surface area contributed by atoms with Crippen LogP contribution in [-0.2, 0) is 26.4 Å². The molecule has 44 heavy (non-hydrogen) atoms. The van der Waals surface area contributed by atoms with Gasteiger partial charge in [-0.25, -0.2) is 18.0 Å². The number of alkyl halides is 2. The van der Waals surface area contributed by atoms with Crippen molar-refractivity contribution in [2.45, 2.75) is 56.4 Å². The van der Waals surface area contributed by atoms with Gasteiger partial charge >= 0.3 is 0 Å². The molecule has 0 saturated carbocycles. The van der Waals surface area contributed by atoms with E-state index in [9.17, 15) is 22.6 Å². The van der Waals surface area contributed by atoms with Crippen LogP contribution >= 0.6 is 0 Å². The van der Waals surface area contributed by atoms with E-state index >= 15 is 0 Å². The third-order valence-electron chi connectivity index (χ3n) is 6.92. The molecule has 1 unspecified atom stereocenters. The fourth-order valence-corrected chi connectivity index (χ4v) is 5.89. The number of amides is 2. The molecule has 0 aliphatic carbocycles. The lowest BCUT2D eigenvalue weighted by molar-refractivity contribution is -0.123. The minimum atomic E-state index is -3.16. The van der Waals surface area contributed by atoms with E-state index in [0.717, 1.165) is 5.56 Å². The van der Waals surface area contributed by atoms with E-state index in [1.165, 1.54) is 26.2 Å². The van der Waals surface area contributed by atoms with E-state index in [1.54, 1.807) is 60.3 Å². The highest BCUT2D eigenvalue weighted by molar-refractivity contribution is 7.93. The summed E-state index contributed by atoms with van der Waals surface area (Å²) in [5.74, 6) is -3.68. The van der Waals surface area contributed by atoms with E-state index in [-0.39, 0.29) is 42.7 Å². The topological polar surface area (TPSA) is 173 Å². The van der Waals surface area contributed by atoms with E-state index in [0.29, 0.717) is 29.2 Å². The first-order valence-corrected chi connectivity index (χ1v) is 15.6. The molecule has 0 radical (unpaired) electrons. The zero-order chi connectivity index (χ0) is 32.9. The van der Waals surface area contributed by atoms with E-state index in [4.69, 9.17) is 15.6 Å². The highest BCUT2D eigenvalue weighted by Crippen LogP contribution is 2.34. The average Bonchev–Trinajstić information content (AvgIpc) is 3.27. The molecule has 15 heteroatoms. The van der Waals surface area contributed by atoms with Gasteiger partial charge in [-0.2, -0.15) is 9.46 Å². The van der Waals surface area contributed by atoms with Crippen molar-refractivity contribution in [3.63, 3.8) is 0 Å². The number of carboxylic acid groups (broad SMARTS) is 1. The second kappa shape index (κ2) is 13.6. The third-order valence-corrected chi connectivity index (χ3v) is 8.56. The largest absolute Gasteiger partial charge is 0.483 e. The molecule has 0 bridgehead atoms. The second-order valence-corrected chi connectivity index (χ2v) is 13.4. The number of hydrogen-bond acceptors (Lipinski definition) is 8. The van der Waals surface area contributed by atoms with Crippen LogP contribution in [-0.4, -0.2) is 73.2 Å². The summed E-state index contributed by atoms with van der Waals surface area (Å²) in [4.78, 5) is 41.1. The molecule has 3 aromatic rings. The number of anilines is 2. The van der Waals surface area contributed by atoms with E-state index < -0.39 is 33.0 Å². The van der Waals surface area contributed by atoms with Crippen molar-refractivity contribution in [2.75, 3.05) is 29.6 Å². The number of rotatable bonds is 6. The zero-order valence-corrected chi connectivity index (χ0v) is 26.0. The molecule has 1 fully saturated rings. The number of benzene rings is 1. The maximum absolute atomic E-state index is 14.2. The molecule has 1 saturated heterocycles. The first-order valence-electron chi connectivity index (χ1n) is 13.6. The molecule has 1 aromatic carbocycles. The van der Waals surface area contributed by atoms with Gasteiger partial charge < -0.3 is 21.1 Å². The van der Waals surface area contributed by atoms with Crippen LogP contribution in [0, 0.1) is 6.92 Å². The first-order chi connectivity index (χ1) is 20.5. The Hall–Kier alpha value is -4.24. The molecule has 238 valence electrons. The summed E-state index contributed by atoms with van der Waals surface area (Å²) in [7, 11) is -1.38. The van der Waals surface area contributed by atoms with E-state index in [2.05, 4.69) is 19.8 Å². The van der Waals surface area contributed by atoms with Crippen molar-refractivity contribution >= 4 is 39.5 Å². The van der Waals surface area contributed by atoms with Gasteiger partial charge in [0.2, 0.25) is 5.92 Å². The molecule has 1 aliphatic rings. The predicted molar refractivity (Wildman–Crippen MR) is 163 cm³/mol. The van der Waals surface area contributed by atoms with Crippen LogP contribution in [0.1, 0.15) is 49.0 Å². The Morgan fingerprint density at radius 3 is 2.52 bits per heavy atom. The summed E-state index contributed by atoms with van der Waals surface area (Å²) in [5, 5.41) is 13.9. The van der Waals surface area contributed by atoms with Gasteiger partial charge in [-0.15, -0.1) is 0 Å². The van der Waals surface area contributed by atoms with Gasteiger partial charge in [-0.05, 0) is 51.0 Å². The first kappa shape index (κ1) is 34.3. The predicted octanol–water partition coefficient (Wildman–Crippen LogP) is 4.09. The van der Waals surface area contributed by atoms with Crippen LogP contribution in [0.5, 0.6) is 0 Å². The van der Waals surface area contributed by atoms with Gasteiger partial charge in [0.15, 0.2) is 0 Å². The minimum absolute atomic E-state index is 0.0480. The maximum atomic E-state index is 14.2. The third kappa shape index (κ3) is 8.44. The lowest BCUT2D eigenvalue weighted by Gasteiger charge is -2.26. The molecule has 4 N–H and O–H groups in total.